The lowest BCUT2D eigenvalue weighted by Crippen LogP contribution is -2.14. The Kier molecular flexibility index (Phi) is 6.07. The zero-order valence-electron chi connectivity index (χ0n) is 8.88. The topological polar surface area (TPSA) is 9.23 Å². The molecular weight excluding hydrogens is 231 g/mol. The lowest BCUT2D eigenvalue weighted by molar-refractivity contribution is 0.117. The van der Waals surface area contributed by atoms with Gasteiger partial charge in [-0.05, 0) is 30.9 Å². The maximum absolute atomic E-state index is 6.08. The number of benzene rings is 1. The van der Waals surface area contributed by atoms with E-state index in [0.29, 0.717) is 18.4 Å². The van der Waals surface area contributed by atoms with Gasteiger partial charge in [-0.3, -0.25) is 0 Å². The minimum atomic E-state index is 0.339. The molecule has 3 heteroatoms. The lowest BCUT2D eigenvalue weighted by Gasteiger charge is -2.14. The SMILES string of the molecule is CCOCC(CCl)Cc1ccccc1Cl. The number of ether oxygens (including phenoxy) is 1. The maximum Gasteiger partial charge on any atom is 0.0508 e. The van der Waals surface area contributed by atoms with E-state index in [0.717, 1.165) is 23.6 Å². The quantitative estimate of drug-likeness (QED) is 0.695. The van der Waals surface area contributed by atoms with Crippen LogP contribution in [-0.4, -0.2) is 19.1 Å². The highest BCUT2D eigenvalue weighted by Crippen LogP contribution is 2.19. The number of hydrogen-bond donors (Lipinski definition) is 0. The first kappa shape index (κ1) is 12.8. The van der Waals surface area contributed by atoms with E-state index in [-0.39, 0.29) is 0 Å². The molecular formula is C12H16Cl2O. The van der Waals surface area contributed by atoms with Crippen LogP contribution in [0.5, 0.6) is 0 Å². The van der Waals surface area contributed by atoms with Gasteiger partial charge in [0.05, 0.1) is 6.61 Å². The van der Waals surface area contributed by atoms with Crippen LogP contribution in [0.4, 0.5) is 0 Å². The van der Waals surface area contributed by atoms with Crippen molar-refractivity contribution in [3.8, 4) is 0 Å². The van der Waals surface area contributed by atoms with Crippen molar-refractivity contribution in [1.82, 2.24) is 0 Å². The van der Waals surface area contributed by atoms with Crippen LogP contribution in [0.25, 0.3) is 0 Å². The third-order valence-electron chi connectivity index (χ3n) is 2.24. The van der Waals surface area contributed by atoms with Gasteiger partial charge in [-0.15, -0.1) is 11.6 Å². The third kappa shape index (κ3) is 4.42. The standard InChI is InChI=1S/C12H16Cl2O/c1-2-15-9-10(8-13)7-11-5-3-4-6-12(11)14/h3-6,10H,2,7-9H2,1H3. The molecule has 15 heavy (non-hydrogen) atoms. The minimum Gasteiger partial charge on any atom is -0.381 e. The Morgan fingerprint density at radius 2 is 2.07 bits per heavy atom. The van der Waals surface area contributed by atoms with Crippen molar-refractivity contribution in [3.05, 3.63) is 34.9 Å². The second-order valence-corrected chi connectivity index (χ2v) is 4.19. The Morgan fingerprint density at radius 1 is 1.33 bits per heavy atom. The van der Waals surface area contributed by atoms with Crippen LogP contribution in [0, 0.1) is 5.92 Å². The van der Waals surface area contributed by atoms with E-state index in [1.54, 1.807) is 0 Å². The van der Waals surface area contributed by atoms with Crippen molar-refractivity contribution in [2.45, 2.75) is 13.3 Å². The van der Waals surface area contributed by atoms with Gasteiger partial charge in [0.1, 0.15) is 0 Å². The highest BCUT2D eigenvalue weighted by atomic mass is 35.5. The normalized spacial score (nSPS) is 12.7. The zero-order valence-corrected chi connectivity index (χ0v) is 10.4. The molecule has 0 fully saturated rings. The summed E-state index contributed by atoms with van der Waals surface area (Å²) in [7, 11) is 0. The second-order valence-electron chi connectivity index (χ2n) is 3.48. The van der Waals surface area contributed by atoms with Crippen LogP contribution in [0.1, 0.15) is 12.5 Å². The Morgan fingerprint density at radius 3 is 2.67 bits per heavy atom. The van der Waals surface area contributed by atoms with Crippen molar-refractivity contribution in [3.63, 3.8) is 0 Å². The average Bonchev–Trinajstić information content (AvgIpc) is 2.26. The molecule has 0 bridgehead atoms. The molecule has 0 amide bonds. The van der Waals surface area contributed by atoms with Gasteiger partial charge in [0.25, 0.3) is 0 Å². The van der Waals surface area contributed by atoms with Gasteiger partial charge < -0.3 is 4.74 Å². The van der Waals surface area contributed by atoms with E-state index >= 15 is 0 Å². The molecule has 84 valence electrons. The van der Waals surface area contributed by atoms with Gasteiger partial charge in [0, 0.05) is 17.5 Å². The van der Waals surface area contributed by atoms with Crippen LogP contribution in [0.3, 0.4) is 0 Å². The summed E-state index contributed by atoms with van der Waals surface area (Å²) < 4.78 is 5.37. The lowest BCUT2D eigenvalue weighted by atomic mass is 10.0. The Hall–Kier alpha value is -0.240. The number of rotatable bonds is 6. The first-order valence-electron chi connectivity index (χ1n) is 5.15. The van der Waals surface area contributed by atoms with E-state index in [1.807, 2.05) is 31.2 Å². The molecule has 1 unspecified atom stereocenters. The van der Waals surface area contributed by atoms with Crippen molar-refractivity contribution >= 4 is 23.2 Å². The van der Waals surface area contributed by atoms with Crippen LogP contribution in [-0.2, 0) is 11.2 Å². The Bertz CT molecular complexity index is 289. The van der Waals surface area contributed by atoms with Crippen molar-refractivity contribution < 1.29 is 4.74 Å². The molecule has 0 aliphatic heterocycles. The molecule has 0 radical (unpaired) electrons. The van der Waals surface area contributed by atoms with E-state index in [4.69, 9.17) is 27.9 Å². The Labute approximate surface area is 101 Å². The summed E-state index contributed by atoms with van der Waals surface area (Å²) in [4.78, 5) is 0. The first-order valence-corrected chi connectivity index (χ1v) is 6.06. The second kappa shape index (κ2) is 7.10. The molecule has 0 N–H and O–H groups in total. The molecule has 1 rings (SSSR count). The number of hydrogen-bond acceptors (Lipinski definition) is 1. The molecule has 0 aromatic heterocycles. The summed E-state index contributed by atoms with van der Waals surface area (Å²) in [5, 5.41) is 0.809. The molecule has 1 aromatic rings. The molecule has 0 saturated carbocycles. The largest absolute Gasteiger partial charge is 0.381 e. The molecule has 0 aliphatic rings. The summed E-state index contributed by atoms with van der Waals surface area (Å²) in [6, 6.07) is 7.87. The molecule has 0 heterocycles. The van der Waals surface area contributed by atoms with Gasteiger partial charge in [-0.1, -0.05) is 29.8 Å². The molecule has 0 saturated heterocycles. The number of alkyl halides is 1. The highest BCUT2D eigenvalue weighted by molar-refractivity contribution is 6.31. The van der Waals surface area contributed by atoms with Crippen molar-refractivity contribution in [2.75, 3.05) is 19.1 Å². The summed E-state index contributed by atoms with van der Waals surface area (Å²) >= 11 is 12.0. The molecule has 0 spiro atoms. The van der Waals surface area contributed by atoms with Gasteiger partial charge in [-0.2, -0.15) is 0 Å². The fourth-order valence-electron chi connectivity index (χ4n) is 1.42. The monoisotopic (exact) mass is 246 g/mol. The van der Waals surface area contributed by atoms with E-state index in [9.17, 15) is 0 Å². The molecule has 1 atom stereocenters. The summed E-state index contributed by atoms with van der Waals surface area (Å²) in [5.41, 5.74) is 1.14. The van der Waals surface area contributed by atoms with E-state index in [2.05, 4.69) is 0 Å². The molecule has 0 aliphatic carbocycles. The summed E-state index contributed by atoms with van der Waals surface area (Å²) in [6.45, 7) is 3.42. The van der Waals surface area contributed by atoms with Crippen LogP contribution < -0.4 is 0 Å². The predicted molar refractivity (Wildman–Crippen MR) is 65.9 cm³/mol. The predicted octanol–water partition coefficient (Wildman–Crippen LogP) is 3.77. The minimum absolute atomic E-state index is 0.339. The zero-order chi connectivity index (χ0) is 11.1. The van der Waals surface area contributed by atoms with Gasteiger partial charge in [0.2, 0.25) is 0 Å². The van der Waals surface area contributed by atoms with E-state index < -0.39 is 0 Å². The summed E-state index contributed by atoms with van der Waals surface area (Å²) in [5.74, 6) is 0.942. The van der Waals surface area contributed by atoms with Gasteiger partial charge in [-0.25, -0.2) is 0 Å². The fourth-order valence-corrected chi connectivity index (χ4v) is 1.83. The van der Waals surface area contributed by atoms with Crippen molar-refractivity contribution in [1.29, 1.82) is 0 Å². The fraction of sp³-hybridized carbons (Fsp3) is 0.500. The van der Waals surface area contributed by atoms with Crippen molar-refractivity contribution in [2.24, 2.45) is 5.92 Å². The van der Waals surface area contributed by atoms with Crippen LogP contribution in [0.2, 0.25) is 5.02 Å². The van der Waals surface area contributed by atoms with E-state index in [1.165, 1.54) is 0 Å². The smallest absolute Gasteiger partial charge is 0.0508 e. The average molecular weight is 247 g/mol. The highest BCUT2D eigenvalue weighted by Gasteiger charge is 2.10. The first-order chi connectivity index (χ1) is 7.27. The molecule has 1 aromatic carbocycles. The summed E-state index contributed by atoms with van der Waals surface area (Å²) in [6.07, 6.45) is 0.878. The third-order valence-corrected chi connectivity index (χ3v) is 3.05. The van der Waals surface area contributed by atoms with Gasteiger partial charge in [0.15, 0.2) is 0 Å². The Balaban J connectivity index is 2.54. The maximum atomic E-state index is 6.08. The van der Waals surface area contributed by atoms with Crippen LogP contribution in [0.15, 0.2) is 24.3 Å². The van der Waals surface area contributed by atoms with Gasteiger partial charge >= 0.3 is 0 Å². The molecule has 1 nitrogen and oxygen atoms in total. The number of halogens is 2. The van der Waals surface area contributed by atoms with Crippen LogP contribution >= 0.6 is 23.2 Å².